The molecule has 0 bridgehead atoms. The molecule has 114 valence electrons. The third-order valence-electron chi connectivity index (χ3n) is 2.90. The molecular formula is C17H16O4S. The van der Waals surface area contributed by atoms with E-state index >= 15 is 0 Å². The van der Waals surface area contributed by atoms with Crippen molar-refractivity contribution in [2.24, 2.45) is 0 Å². The van der Waals surface area contributed by atoms with E-state index in [4.69, 9.17) is 8.92 Å². The Bertz CT molecular complexity index is 678. The number of para-hydroxylation sites is 1. The summed E-state index contributed by atoms with van der Waals surface area (Å²) in [6.07, 6.45) is 0. The zero-order valence-corrected chi connectivity index (χ0v) is 13.0. The van der Waals surface area contributed by atoms with Crippen molar-refractivity contribution in [3.05, 3.63) is 72.3 Å². The summed E-state index contributed by atoms with van der Waals surface area (Å²) >= 11 is -1.65. The first-order valence-electron chi connectivity index (χ1n) is 6.58. The van der Waals surface area contributed by atoms with Crippen LogP contribution in [-0.2, 0) is 11.1 Å². The molecule has 0 saturated heterocycles. The van der Waals surface area contributed by atoms with Gasteiger partial charge in [0, 0.05) is 11.1 Å². The van der Waals surface area contributed by atoms with Gasteiger partial charge in [-0.3, -0.25) is 4.79 Å². The molecule has 22 heavy (non-hydrogen) atoms. The number of hydrogen-bond acceptors (Lipinski definition) is 4. The SMILES string of the molecule is C=C(CS(=O)Oc1ccccc1)C(=O)c1ccc(OC)cc1. The van der Waals surface area contributed by atoms with Crippen LogP contribution < -0.4 is 8.92 Å². The van der Waals surface area contributed by atoms with Gasteiger partial charge in [0.25, 0.3) is 0 Å². The topological polar surface area (TPSA) is 52.6 Å². The molecule has 0 amide bonds. The van der Waals surface area contributed by atoms with E-state index in [0.29, 0.717) is 17.1 Å². The summed E-state index contributed by atoms with van der Waals surface area (Å²) in [7, 11) is 1.56. The number of methoxy groups -OCH3 is 1. The Balaban J connectivity index is 1.95. The molecule has 0 aliphatic rings. The Morgan fingerprint density at radius 3 is 2.27 bits per heavy atom. The molecule has 2 aromatic carbocycles. The Labute approximate surface area is 132 Å². The second kappa shape index (κ2) is 7.56. The van der Waals surface area contributed by atoms with Crippen LogP contribution in [0.15, 0.2) is 66.7 Å². The Kier molecular flexibility index (Phi) is 5.49. The molecule has 1 unspecified atom stereocenters. The zero-order valence-electron chi connectivity index (χ0n) is 12.2. The maximum Gasteiger partial charge on any atom is 0.211 e. The molecule has 0 heterocycles. The van der Waals surface area contributed by atoms with Crippen molar-refractivity contribution < 1.29 is 17.9 Å². The van der Waals surface area contributed by atoms with Crippen molar-refractivity contribution in [1.29, 1.82) is 0 Å². The van der Waals surface area contributed by atoms with Crippen molar-refractivity contribution >= 4 is 16.9 Å². The summed E-state index contributed by atoms with van der Waals surface area (Å²) in [6, 6.07) is 15.5. The quantitative estimate of drug-likeness (QED) is 0.581. The van der Waals surface area contributed by atoms with Crippen molar-refractivity contribution in [3.8, 4) is 11.5 Å². The summed E-state index contributed by atoms with van der Waals surface area (Å²) in [4.78, 5) is 12.2. The van der Waals surface area contributed by atoms with Gasteiger partial charge in [-0.25, -0.2) is 4.21 Å². The molecule has 0 aromatic heterocycles. The molecule has 0 aliphatic carbocycles. The maximum atomic E-state index is 12.2. The Morgan fingerprint density at radius 1 is 1.05 bits per heavy atom. The number of carbonyl (C=O) groups is 1. The van der Waals surface area contributed by atoms with E-state index < -0.39 is 11.1 Å². The molecular weight excluding hydrogens is 300 g/mol. The highest BCUT2D eigenvalue weighted by molar-refractivity contribution is 7.80. The van der Waals surface area contributed by atoms with E-state index in [0.717, 1.165) is 0 Å². The number of Topliss-reactive ketones (excluding diaryl/α,β-unsaturated/α-hetero) is 1. The predicted octanol–water partition coefficient (Wildman–Crippen LogP) is 3.18. The van der Waals surface area contributed by atoms with Gasteiger partial charge in [0.05, 0.1) is 12.9 Å². The number of benzene rings is 2. The van der Waals surface area contributed by atoms with Gasteiger partial charge in [0.15, 0.2) is 5.78 Å². The zero-order chi connectivity index (χ0) is 15.9. The maximum absolute atomic E-state index is 12.2. The van der Waals surface area contributed by atoms with Crippen LogP contribution in [0.25, 0.3) is 0 Å². The van der Waals surface area contributed by atoms with Gasteiger partial charge in [-0.1, -0.05) is 24.8 Å². The fourth-order valence-corrected chi connectivity index (χ4v) is 2.57. The lowest BCUT2D eigenvalue weighted by Gasteiger charge is -2.07. The lowest BCUT2D eigenvalue weighted by atomic mass is 10.1. The average molecular weight is 316 g/mol. The first kappa shape index (κ1) is 16.0. The largest absolute Gasteiger partial charge is 0.497 e. The van der Waals surface area contributed by atoms with Gasteiger partial charge in [-0.05, 0) is 36.4 Å². The fourth-order valence-electron chi connectivity index (χ4n) is 1.77. The average Bonchev–Trinajstić information content (AvgIpc) is 2.55. The molecule has 1 atom stereocenters. The van der Waals surface area contributed by atoms with Crippen LogP contribution in [0.4, 0.5) is 0 Å². The molecule has 0 N–H and O–H groups in total. The van der Waals surface area contributed by atoms with E-state index in [2.05, 4.69) is 6.58 Å². The number of rotatable bonds is 7. The van der Waals surface area contributed by atoms with Crippen molar-refractivity contribution in [2.45, 2.75) is 0 Å². The Morgan fingerprint density at radius 2 is 1.68 bits per heavy atom. The molecule has 2 rings (SSSR count). The van der Waals surface area contributed by atoms with Crippen LogP contribution in [0.3, 0.4) is 0 Å². The fraction of sp³-hybridized carbons (Fsp3) is 0.118. The van der Waals surface area contributed by atoms with Gasteiger partial charge < -0.3 is 8.92 Å². The van der Waals surface area contributed by atoms with E-state index in [1.54, 1.807) is 55.6 Å². The minimum absolute atomic E-state index is 0.0419. The van der Waals surface area contributed by atoms with Crippen molar-refractivity contribution in [2.75, 3.05) is 12.9 Å². The van der Waals surface area contributed by atoms with Gasteiger partial charge in [-0.2, -0.15) is 0 Å². The van der Waals surface area contributed by atoms with E-state index in [9.17, 15) is 9.00 Å². The number of carbonyl (C=O) groups excluding carboxylic acids is 1. The number of ketones is 1. The minimum atomic E-state index is -1.65. The Hall–Kier alpha value is -2.40. The first-order valence-corrected chi connectivity index (χ1v) is 7.83. The van der Waals surface area contributed by atoms with Gasteiger partial charge in [0.1, 0.15) is 11.5 Å². The molecule has 4 nitrogen and oxygen atoms in total. The van der Waals surface area contributed by atoms with E-state index in [1.165, 1.54) is 0 Å². The van der Waals surface area contributed by atoms with Crippen LogP contribution in [-0.4, -0.2) is 22.9 Å². The third kappa shape index (κ3) is 4.30. The van der Waals surface area contributed by atoms with E-state index in [1.807, 2.05) is 6.07 Å². The summed E-state index contributed by atoms with van der Waals surface area (Å²) in [5.74, 6) is 0.857. The smallest absolute Gasteiger partial charge is 0.211 e. The van der Waals surface area contributed by atoms with Crippen molar-refractivity contribution in [3.63, 3.8) is 0 Å². The summed E-state index contributed by atoms with van der Waals surface area (Å²) in [5, 5.41) is 0. The standard InChI is InChI=1S/C17H16O4S/c1-13(12-22(19)21-16-6-4-3-5-7-16)17(18)14-8-10-15(20-2)11-9-14/h3-11H,1,12H2,2H3. The molecule has 2 aromatic rings. The molecule has 0 fully saturated rings. The van der Waals surface area contributed by atoms with E-state index in [-0.39, 0.29) is 17.1 Å². The van der Waals surface area contributed by atoms with Crippen LogP contribution in [0.2, 0.25) is 0 Å². The van der Waals surface area contributed by atoms with Crippen LogP contribution in [0, 0.1) is 0 Å². The summed E-state index contributed by atoms with van der Waals surface area (Å²) < 4.78 is 22.2. The highest BCUT2D eigenvalue weighted by atomic mass is 32.2. The summed E-state index contributed by atoms with van der Waals surface area (Å²) in [5.41, 5.74) is 0.710. The number of ether oxygens (including phenoxy) is 1. The van der Waals surface area contributed by atoms with Gasteiger partial charge in [-0.15, -0.1) is 0 Å². The molecule has 0 radical (unpaired) electrons. The minimum Gasteiger partial charge on any atom is -0.497 e. The lowest BCUT2D eigenvalue weighted by Crippen LogP contribution is -2.13. The lowest BCUT2D eigenvalue weighted by molar-refractivity contribution is 0.103. The molecule has 0 saturated carbocycles. The highest BCUT2D eigenvalue weighted by Crippen LogP contribution is 2.16. The van der Waals surface area contributed by atoms with Crippen LogP contribution in [0.5, 0.6) is 11.5 Å². The molecule has 0 spiro atoms. The summed E-state index contributed by atoms with van der Waals surface area (Å²) in [6.45, 7) is 3.70. The van der Waals surface area contributed by atoms with Gasteiger partial charge >= 0.3 is 0 Å². The highest BCUT2D eigenvalue weighted by Gasteiger charge is 2.14. The molecule has 0 aliphatic heterocycles. The third-order valence-corrected chi connectivity index (χ3v) is 3.86. The van der Waals surface area contributed by atoms with Crippen LogP contribution >= 0.6 is 0 Å². The monoisotopic (exact) mass is 316 g/mol. The second-order valence-corrected chi connectivity index (χ2v) is 5.57. The first-order chi connectivity index (χ1) is 10.6. The van der Waals surface area contributed by atoms with Gasteiger partial charge in [0.2, 0.25) is 11.1 Å². The van der Waals surface area contributed by atoms with Crippen LogP contribution in [0.1, 0.15) is 10.4 Å². The number of hydrogen-bond donors (Lipinski definition) is 0. The molecule has 5 heteroatoms. The normalized spacial score (nSPS) is 11.5. The predicted molar refractivity (Wildman–Crippen MR) is 86.5 cm³/mol. The second-order valence-electron chi connectivity index (χ2n) is 4.51. The van der Waals surface area contributed by atoms with Crippen molar-refractivity contribution in [1.82, 2.24) is 0 Å².